The zero-order valence-corrected chi connectivity index (χ0v) is 19.3. The van der Waals surface area contributed by atoms with Crippen LogP contribution in [-0.4, -0.2) is 75.9 Å². The maximum atomic E-state index is 12.0. The molecule has 2 aliphatic heterocycles. The Morgan fingerprint density at radius 3 is 2.70 bits per heavy atom. The minimum absolute atomic E-state index is 0. The van der Waals surface area contributed by atoms with E-state index in [1.54, 1.807) is 19.0 Å². The molecule has 2 heterocycles. The molecule has 8 heteroatoms. The van der Waals surface area contributed by atoms with Crippen LogP contribution in [0.15, 0.2) is 4.99 Å². The van der Waals surface area contributed by atoms with Gasteiger partial charge in [-0.15, -0.1) is 24.0 Å². The van der Waals surface area contributed by atoms with Gasteiger partial charge in [-0.25, -0.2) is 4.99 Å². The summed E-state index contributed by atoms with van der Waals surface area (Å²) in [6.07, 6.45) is 3.70. The molecule has 0 aromatic heterocycles. The van der Waals surface area contributed by atoms with Crippen molar-refractivity contribution in [3.05, 3.63) is 0 Å². The van der Waals surface area contributed by atoms with Crippen LogP contribution in [0.5, 0.6) is 0 Å². The molecule has 0 radical (unpaired) electrons. The normalized spacial score (nSPS) is 31.9. The largest absolute Gasteiger partial charge is 0.381 e. The number of halogens is 1. The minimum atomic E-state index is 0. The van der Waals surface area contributed by atoms with Gasteiger partial charge in [-0.05, 0) is 19.3 Å². The molecule has 0 bridgehead atoms. The number of hydrogen-bond acceptors (Lipinski definition) is 4. The van der Waals surface area contributed by atoms with Crippen molar-refractivity contribution in [1.29, 1.82) is 0 Å². The van der Waals surface area contributed by atoms with Gasteiger partial charge in [0, 0.05) is 57.1 Å². The van der Waals surface area contributed by atoms with Crippen molar-refractivity contribution >= 4 is 35.8 Å². The second-order valence-corrected chi connectivity index (χ2v) is 8.60. The fourth-order valence-corrected chi connectivity index (χ4v) is 4.39. The number of carbonyl (C=O) groups is 1. The molecule has 3 fully saturated rings. The van der Waals surface area contributed by atoms with Crippen molar-refractivity contribution in [3.8, 4) is 0 Å². The standard InChI is InChI=1S/C19H34N4O3.HI/c1-19(2)16(14-6-5-8-26-17(14)19)22-18(21-11-15(24)23(3)4)20-10-13-7-9-25-12-13;/h13-14,16-17H,5-12H2,1-4H3,(H2,20,21,22);1H. The molecule has 27 heavy (non-hydrogen) atoms. The summed E-state index contributed by atoms with van der Waals surface area (Å²) in [6, 6.07) is 0.313. The predicted octanol–water partition coefficient (Wildman–Crippen LogP) is 1.47. The van der Waals surface area contributed by atoms with Gasteiger partial charge in [0.2, 0.25) is 5.91 Å². The average Bonchev–Trinajstić information content (AvgIpc) is 3.14. The Hall–Kier alpha value is -0.610. The van der Waals surface area contributed by atoms with Gasteiger partial charge < -0.3 is 25.0 Å². The Kier molecular flexibility index (Phi) is 8.18. The first-order chi connectivity index (χ1) is 12.4. The second-order valence-electron chi connectivity index (χ2n) is 8.60. The van der Waals surface area contributed by atoms with Crippen LogP contribution in [0.4, 0.5) is 0 Å². The molecule has 1 saturated carbocycles. The summed E-state index contributed by atoms with van der Waals surface area (Å²) in [6.45, 7) is 7.98. The topological polar surface area (TPSA) is 75.2 Å². The molecule has 156 valence electrons. The second kappa shape index (κ2) is 9.73. The average molecular weight is 494 g/mol. The first-order valence-corrected chi connectivity index (χ1v) is 9.84. The summed E-state index contributed by atoms with van der Waals surface area (Å²) >= 11 is 0. The van der Waals surface area contributed by atoms with E-state index in [-0.39, 0.29) is 41.8 Å². The zero-order valence-electron chi connectivity index (χ0n) is 17.0. The van der Waals surface area contributed by atoms with E-state index in [0.717, 1.165) is 45.2 Å². The molecule has 0 aromatic carbocycles. The van der Waals surface area contributed by atoms with Gasteiger partial charge in [0.1, 0.15) is 6.54 Å². The van der Waals surface area contributed by atoms with Gasteiger partial charge in [-0.2, -0.15) is 0 Å². The fraction of sp³-hybridized carbons (Fsp3) is 0.895. The molecule has 3 aliphatic rings. The third kappa shape index (κ3) is 5.26. The Labute approximate surface area is 180 Å². The first kappa shape index (κ1) is 22.7. The number of amides is 1. The Bertz CT molecular complexity index is 535. The lowest BCUT2D eigenvalue weighted by atomic mass is 9.55. The quantitative estimate of drug-likeness (QED) is 0.344. The Morgan fingerprint density at radius 1 is 1.26 bits per heavy atom. The Morgan fingerprint density at radius 2 is 2.04 bits per heavy atom. The number of fused-ring (bicyclic) bond motifs is 1. The summed E-state index contributed by atoms with van der Waals surface area (Å²) in [5, 5.41) is 7.04. The smallest absolute Gasteiger partial charge is 0.243 e. The number of hydrogen-bond donors (Lipinski definition) is 2. The maximum Gasteiger partial charge on any atom is 0.243 e. The van der Waals surface area contributed by atoms with E-state index in [0.29, 0.717) is 24.0 Å². The van der Waals surface area contributed by atoms with Crippen molar-refractivity contribution in [2.45, 2.75) is 45.3 Å². The molecule has 1 amide bonds. The van der Waals surface area contributed by atoms with Crippen LogP contribution < -0.4 is 10.6 Å². The van der Waals surface area contributed by atoms with E-state index in [1.165, 1.54) is 6.42 Å². The first-order valence-electron chi connectivity index (χ1n) is 9.84. The van der Waals surface area contributed by atoms with Gasteiger partial charge >= 0.3 is 0 Å². The molecule has 7 nitrogen and oxygen atoms in total. The third-order valence-corrected chi connectivity index (χ3v) is 6.08. The van der Waals surface area contributed by atoms with Crippen LogP contribution in [0.2, 0.25) is 0 Å². The number of nitrogens with zero attached hydrogens (tertiary/aromatic N) is 2. The lowest BCUT2D eigenvalue weighted by molar-refractivity contribution is -0.188. The predicted molar refractivity (Wildman–Crippen MR) is 117 cm³/mol. The monoisotopic (exact) mass is 494 g/mol. The minimum Gasteiger partial charge on any atom is -0.381 e. The number of rotatable bonds is 5. The van der Waals surface area contributed by atoms with Crippen molar-refractivity contribution in [2.75, 3.05) is 47.0 Å². The Balaban J connectivity index is 0.00000261. The van der Waals surface area contributed by atoms with Crippen LogP contribution in [-0.2, 0) is 14.3 Å². The number of carbonyl (C=O) groups excluding carboxylic acids is 1. The fourth-order valence-electron chi connectivity index (χ4n) is 4.39. The molecule has 0 spiro atoms. The van der Waals surface area contributed by atoms with E-state index >= 15 is 0 Å². The molecule has 2 N–H and O–H groups in total. The molecule has 1 aliphatic carbocycles. The highest BCUT2D eigenvalue weighted by Gasteiger charge is 2.58. The molecular formula is C19H35IN4O3. The summed E-state index contributed by atoms with van der Waals surface area (Å²) in [5.41, 5.74) is 0.0650. The maximum absolute atomic E-state index is 12.0. The van der Waals surface area contributed by atoms with Crippen LogP contribution in [0.1, 0.15) is 33.1 Å². The number of ether oxygens (including phenoxy) is 2. The lowest BCUT2D eigenvalue weighted by Gasteiger charge is -2.60. The van der Waals surface area contributed by atoms with E-state index in [9.17, 15) is 4.79 Å². The molecular weight excluding hydrogens is 459 g/mol. The molecule has 4 unspecified atom stereocenters. The van der Waals surface area contributed by atoms with Gasteiger partial charge in [0.25, 0.3) is 0 Å². The summed E-state index contributed by atoms with van der Waals surface area (Å²) in [7, 11) is 3.51. The van der Waals surface area contributed by atoms with E-state index in [2.05, 4.69) is 29.5 Å². The van der Waals surface area contributed by atoms with Gasteiger partial charge in [0.05, 0.1) is 12.7 Å². The van der Waals surface area contributed by atoms with Crippen LogP contribution in [0.3, 0.4) is 0 Å². The lowest BCUT2D eigenvalue weighted by Crippen LogP contribution is -2.71. The summed E-state index contributed by atoms with van der Waals surface area (Å²) < 4.78 is 11.5. The number of nitrogens with one attached hydrogen (secondary N) is 2. The van der Waals surface area contributed by atoms with Crippen LogP contribution in [0.25, 0.3) is 0 Å². The van der Waals surface area contributed by atoms with Crippen molar-refractivity contribution in [2.24, 2.45) is 22.2 Å². The summed E-state index contributed by atoms with van der Waals surface area (Å²) in [4.78, 5) is 18.1. The SMILES string of the molecule is CN(C)C(=O)CN=C(NCC1CCOC1)NC1C2CCCOC2C1(C)C.I. The van der Waals surface area contributed by atoms with E-state index in [1.807, 2.05) is 0 Å². The molecule has 3 rings (SSSR count). The van der Waals surface area contributed by atoms with Crippen molar-refractivity contribution < 1.29 is 14.3 Å². The van der Waals surface area contributed by atoms with Gasteiger partial charge in [-0.1, -0.05) is 13.8 Å². The molecule has 4 atom stereocenters. The number of guanidine groups is 1. The van der Waals surface area contributed by atoms with Crippen LogP contribution in [0, 0.1) is 17.3 Å². The highest BCUT2D eigenvalue weighted by Crippen LogP contribution is 2.51. The molecule has 0 aromatic rings. The summed E-state index contributed by atoms with van der Waals surface area (Å²) in [5.74, 6) is 1.76. The highest BCUT2D eigenvalue weighted by atomic mass is 127. The van der Waals surface area contributed by atoms with E-state index < -0.39 is 0 Å². The van der Waals surface area contributed by atoms with Crippen molar-refractivity contribution in [1.82, 2.24) is 15.5 Å². The van der Waals surface area contributed by atoms with Gasteiger partial charge in [0.15, 0.2) is 5.96 Å². The highest BCUT2D eigenvalue weighted by molar-refractivity contribution is 14.0. The number of aliphatic imine (C=N–C) groups is 1. The molecule has 2 saturated heterocycles. The number of likely N-dealkylation sites (N-methyl/N-ethyl adjacent to an activating group) is 1. The van der Waals surface area contributed by atoms with E-state index in [4.69, 9.17) is 9.47 Å². The third-order valence-electron chi connectivity index (χ3n) is 6.08. The van der Waals surface area contributed by atoms with Crippen LogP contribution >= 0.6 is 24.0 Å². The zero-order chi connectivity index (χ0) is 18.7. The van der Waals surface area contributed by atoms with Crippen molar-refractivity contribution in [3.63, 3.8) is 0 Å². The van der Waals surface area contributed by atoms with Gasteiger partial charge in [-0.3, -0.25) is 4.79 Å².